The molecule has 0 bridgehead atoms. The first kappa shape index (κ1) is 11.5. The van der Waals surface area contributed by atoms with Gasteiger partial charge < -0.3 is 15.4 Å². The molecule has 90 valence electrons. The maximum Gasteiger partial charge on any atom is 0.133 e. The molecule has 0 aliphatic carbocycles. The number of aromatic nitrogens is 3. The van der Waals surface area contributed by atoms with Gasteiger partial charge in [0.1, 0.15) is 11.6 Å². The predicted molar refractivity (Wildman–Crippen MR) is 60.9 cm³/mol. The second-order valence-corrected chi connectivity index (χ2v) is 4.67. The van der Waals surface area contributed by atoms with Crippen LogP contribution in [-0.4, -0.2) is 32.5 Å². The first-order valence-corrected chi connectivity index (χ1v) is 5.99. The summed E-state index contributed by atoms with van der Waals surface area (Å²) in [5.41, 5.74) is 5.71. The van der Waals surface area contributed by atoms with E-state index in [1.807, 2.05) is 0 Å². The van der Waals surface area contributed by atoms with E-state index >= 15 is 0 Å². The van der Waals surface area contributed by atoms with E-state index in [1.165, 1.54) is 0 Å². The highest BCUT2D eigenvalue weighted by molar-refractivity contribution is 5.00. The molecule has 2 unspecified atom stereocenters. The number of nitrogens with zero attached hydrogens (tertiary/aromatic N) is 3. The van der Waals surface area contributed by atoms with Crippen LogP contribution in [0.5, 0.6) is 0 Å². The molecule has 1 aliphatic rings. The van der Waals surface area contributed by atoms with Crippen LogP contribution in [0.1, 0.15) is 31.4 Å². The minimum atomic E-state index is -0.276. The summed E-state index contributed by atoms with van der Waals surface area (Å²) in [7, 11) is 0. The Hall–Kier alpha value is -0.940. The summed E-state index contributed by atoms with van der Waals surface area (Å²) in [6.07, 6.45) is 3.35. The highest BCUT2D eigenvalue weighted by Gasteiger charge is 2.21. The van der Waals surface area contributed by atoms with Crippen molar-refractivity contribution < 1.29 is 5.11 Å². The van der Waals surface area contributed by atoms with Crippen molar-refractivity contribution in [2.75, 3.05) is 6.54 Å². The number of rotatable bonds is 4. The van der Waals surface area contributed by atoms with E-state index in [9.17, 15) is 5.11 Å². The minimum absolute atomic E-state index is 0.276. The van der Waals surface area contributed by atoms with Crippen molar-refractivity contribution in [1.29, 1.82) is 0 Å². The van der Waals surface area contributed by atoms with Gasteiger partial charge in [0.05, 0.1) is 6.10 Å². The van der Waals surface area contributed by atoms with E-state index in [4.69, 9.17) is 5.73 Å². The second kappa shape index (κ2) is 4.93. The van der Waals surface area contributed by atoms with Crippen LogP contribution in [0.3, 0.4) is 0 Å². The number of aryl methyl sites for hydroxylation is 2. The van der Waals surface area contributed by atoms with Crippen LogP contribution in [0.2, 0.25) is 0 Å². The van der Waals surface area contributed by atoms with E-state index in [-0.39, 0.29) is 6.10 Å². The molecule has 5 heteroatoms. The molecule has 0 saturated carbocycles. The quantitative estimate of drug-likeness (QED) is 0.761. The molecule has 0 fully saturated rings. The van der Waals surface area contributed by atoms with Crippen molar-refractivity contribution in [1.82, 2.24) is 14.8 Å². The van der Waals surface area contributed by atoms with Crippen LogP contribution >= 0.6 is 0 Å². The van der Waals surface area contributed by atoms with Crippen LogP contribution in [-0.2, 0) is 19.4 Å². The Bertz CT molecular complexity index is 348. The predicted octanol–water partition coefficient (Wildman–Crippen LogP) is 0.113. The van der Waals surface area contributed by atoms with E-state index in [2.05, 4.69) is 14.8 Å². The molecule has 2 atom stereocenters. The Morgan fingerprint density at radius 2 is 2.38 bits per heavy atom. The van der Waals surface area contributed by atoms with Gasteiger partial charge in [-0.2, -0.15) is 0 Å². The first-order chi connectivity index (χ1) is 7.70. The summed E-state index contributed by atoms with van der Waals surface area (Å²) in [6.45, 7) is 3.47. The number of aliphatic hydroxyl groups is 1. The highest BCUT2D eigenvalue weighted by Crippen LogP contribution is 2.19. The van der Waals surface area contributed by atoms with Gasteiger partial charge in [-0.05, 0) is 32.2 Å². The molecule has 2 heterocycles. The van der Waals surface area contributed by atoms with Gasteiger partial charge in [0.25, 0.3) is 0 Å². The summed E-state index contributed by atoms with van der Waals surface area (Å²) in [6, 6.07) is 0. The zero-order valence-electron chi connectivity index (χ0n) is 9.76. The van der Waals surface area contributed by atoms with Gasteiger partial charge in [-0.25, -0.2) is 0 Å². The molecule has 1 aliphatic heterocycles. The standard InChI is InChI=1S/C11H20N4O/c1-8(16)2-4-10-13-14-11-5-3-9(6-12)7-15(10)11/h8-9,16H,2-7,12H2,1H3. The van der Waals surface area contributed by atoms with Crippen molar-refractivity contribution in [2.45, 2.75) is 45.3 Å². The van der Waals surface area contributed by atoms with E-state index in [0.717, 1.165) is 50.4 Å². The van der Waals surface area contributed by atoms with Crippen LogP contribution in [0.4, 0.5) is 0 Å². The summed E-state index contributed by atoms with van der Waals surface area (Å²) in [5, 5.41) is 17.7. The SMILES string of the molecule is CC(O)CCc1nnc2n1CC(CN)CC2. The molecular weight excluding hydrogens is 204 g/mol. The van der Waals surface area contributed by atoms with Gasteiger partial charge >= 0.3 is 0 Å². The van der Waals surface area contributed by atoms with E-state index in [0.29, 0.717) is 5.92 Å². The summed E-state index contributed by atoms with van der Waals surface area (Å²) in [4.78, 5) is 0. The third-order valence-corrected chi connectivity index (χ3v) is 3.24. The highest BCUT2D eigenvalue weighted by atomic mass is 16.3. The maximum atomic E-state index is 9.28. The average molecular weight is 224 g/mol. The molecule has 0 radical (unpaired) electrons. The summed E-state index contributed by atoms with van der Waals surface area (Å²) >= 11 is 0. The number of nitrogens with two attached hydrogens (primary N) is 1. The fraction of sp³-hybridized carbons (Fsp3) is 0.818. The summed E-state index contributed by atoms with van der Waals surface area (Å²) < 4.78 is 2.18. The zero-order chi connectivity index (χ0) is 11.5. The molecule has 2 rings (SSSR count). The number of hydrogen-bond acceptors (Lipinski definition) is 4. The fourth-order valence-corrected chi connectivity index (χ4v) is 2.17. The smallest absolute Gasteiger partial charge is 0.133 e. The molecule has 16 heavy (non-hydrogen) atoms. The topological polar surface area (TPSA) is 77.0 Å². The molecule has 1 aromatic rings. The van der Waals surface area contributed by atoms with Gasteiger partial charge in [-0.1, -0.05) is 0 Å². The zero-order valence-corrected chi connectivity index (χ0v) is 9.76. The molecule has 3 N–H and O–H groups in total. The lowest BCUT2D eigenvalue weighted by atomic mass is 9.99. The molecule has 0 spiro atoms. The van der Waals surface area contributed by atoms with E-state index in [1.54, 1.807) is 6.92 Å². The van der Waals surface area contributed by atoms with Crippen molar-refractivity contribution in [3.63, 3.8) is 0 Å². The Labute approximate surface area is 95.7 Å². The number of fused-ring (bicyclic) bond motifs is 1. The van der Waals surface area contributed by atoms with Crippen molar-refractivity contribution in [3.05, 3.63) is 11.6 Å². The molecule has 0 amide bonds. The Morgan fingerprint density at radius 3 is 3.06 bits per heavy atom. The van der Waals surface area contributed by atoms with Crippen LogP contribution < -0.4 is 5.73 Å². The molecule has 0 saturated heterocycles. The fourth-order valence-electron chi connectivity index (χ4n) is 2.17. The lowest BCUT2D eigenvalue weighted by Gasteiger charge is -2.23. The second-order valence-electron chi connectivity index (χ2n) is 4.67. The summed E-state index contributed by atoms with van der Waals surface area (Å²) in [5.74, 6) is 2.62. The third kappa shape index (κ3) is 2.41. The van der Waals surface area contributed by atoms with Crippen LogP contribution in [0.25, 0.3) is 0 Å². The van der Waals surface area contributed by atoms with Gasteiger partial charge in [0.15, 0.2) is 0 Å². The Kier molecular flexibility index (Phi) is 3.56. The number of hydrogen-bond donors (Lipinski definition) is 2. The molecular formula is C11H20N4O. The number of aliphatic hydroxyl groups excluding tert-OH is 1. The minimum Gasteiger partial charge on any atom is -0.393 e. The largest absolute Gasteiger partial charge is 0.393 e. The normalized spacial score (nSPS) is 21.8. The van der Waals surface area contributed by atoms with Crippen molar-refractivity contribution >= 4 is 0 Å². The molecule has 0 aromatic carbocycles. The Balaban J connectivity index is 2.07. The van der Waals surface area contributed by atoms with Crippen molar-refractivity contribution in [2.24, 2.45) is 11.7 Å². The van der Waals surface area contributed by atoms with Crippen molar-refractivity contribution in [3.8, 4) is 0 Å². The lowest BCUT2D eigenvalue weighted by molar-refractivity contribution is 0.183. The first-order valence-electron chi connectivity index (χ1n) is 5.99. The van der Waals surface area contributed by atoms with Gasteiger partial charge in [0, 0.05) is 19.4 Å². The van der Waals surface area contributed by atoms with Gasteiger partial charge in [-0.3, -0.25) is 0 Å². The lowest BCUT2D eigenvalue weighted by Crippen LogP contribution is -2.27. The van der Waals surface area contributed by atoms with Crippen LogP contribution in [0, 0.1) is 5.92 Å². The maximum absolute atomic E-state index is 9.28. The van der Waals surface area contributed by atoms with Crippen LogP contribution in [0.15, 0.2) is 0 Å². The van der Waals surface area contributed by atoms with E-state index < -0.39 is 0 Å². The average Bonchev–Trinajstić information content (AvgIpc) is 2.68. The van der Waals surface area contributed by atoms with Gasteiger partial charge in [-0.15, -0.1) is 10.2 Å². The monoisotopic (exact) mass is 224 g/mol. The Morgan fingerprint density at radius 1 is 1.56 bits per heavy atom. The third-order valence-electron chi connectivity index (χ3n) is 3.24. The van der Waals surface area contributed by atoms with Gasteiger partial charge in [0.2, 0.25) is 0 Å². The molecule has 1 aromatic heterocycles. The molecule has 5 nitrogen and oxygen atoms in total.